The maximum absolute atomic E-state index is 14.2. The highest BCUT2D eigenvalue weighted by Crippen LogP contribution is 2.38. The first kappa shape index (κ1) is 18.5. The smallest absolute Gasteiger partial charge is 0.322 e. The first-order valence-corrected chi connectivity index (χ1v) is 9.28. The molecule has 1 aliphatic rings. The van der Waals surface area contributed by atoms with Crippen LogP contribution >= 0.6 is 15.9 Å². The fraction of sp³-hybridized carbons (Fsp3) is 0.278. The molecule has 4 rings (SSSR count). The lowest BCUT2D eigenvalue weighted by Gasteiger charge is -2.36. The van der Waals surface area contributed by atoms with Gasteiger partial charge in [0.2, 0.25) is 0 Å². The number of carbonyl (C=O) groups is 1. The highest BCUT2D eigenvalue weighted by atomic mass is 79.9. The molecule has 0 radical (unpaired) electrons. The highest BCUT2D eigenvalue weighted by molar-refractivity contribution is 9.10. The third kappa shape index (κ3) is 3.24. The number of hydrogen-bond donors (Lipinski definition) is 1. The average Bonchev–Trinajstić information content (AvgIpc) is 3.11. The summed E-state index contributed by atoms with van der Waals surface area (Å²) in [5.41, 5.74) is 0.808. The number of hydrogen-bond acceptors (Lipinski definition) is 6. The van der Waals surface area contributed by atoms with Crippen molar-refractivity contribution in [2.24, 2.45) is 0 Å². The predicted octanol–water partition coefficient (Wildman–Crippen LogP) is 3.75. The van der Waals surface area contributed by atoms with Gasteiger partial charge in [-0.25, -0.2) is 24.1 Å². The SMILES string of the molecule is CC1(C)CN(C(=O)Nc2ccnc(Br)c2F)Cc2c(-c3ncccn3)noc21. The molecule has 1 N–H and O–H groups in total. The molecule has 144 valence electrons. The molecular weight excluding hydrogens is 431 g/mol. The Morgan fingerprint density at radius 2 is 2.04 bits per heavy atom. The van der Waals surface area contributed by atoms with Crippen molar-refractivity contribution in [3.8, 4) is 11.5 Å². The number of aromatic nitrogens is 4. The Morgan fingerprint density at radius 1 is 1.29 bits per heavy atom. The Kier molecular flexibility index (Phi) is 4.58. The summed E-state index contributed by atoms with van der Waals surface area (Å²) < 4.78 is 19.8. The molecule has 0 atom stereocenters. The van der Waals surface area contributed by atoms with Gasteiger partial charge in [0.25, 0.3) is 0 Å². The number of nitrogens with zero attached hydrogens (tertiary/aromatic N) is 5. The number of anilines is 1. The van der Waals surface area contributed by atoms with Gasteiger partial charge < -0.3 is 14.7 Å². The van der Waals surface area contributed by atoms with Gasteiger partial charge in [-0.05, 0) is 28.1 Å². The molecule has 1 aliphatic heterocycles. The second-order valence-electron chi connectivity index (χ2n) is 7.04. The van der Waals surface area contributed by atoms with E-state index in [1.165, 1.54) is 12.3 Å². The van der Waals surface area contributed by atoms with Crippen molar-refractivity contribution in [1.82, 2.24) is 25.0 Å². The fourth-order valence-electron chi connectivity index (χ4n) is 3.23. The van der Waals surface area contributed by atoms with Crippen molar-refractivity contribution in [2.75, 3.05) is 11.9 Å². The molecule has 10 heteroatoms. The molecule has 28 heavy (non-hydrogen) atoms. The van der Waals surface area contributed by atoms with Gasteiger partial charge in [-0.15, -0.1) is 0 Å². The fourth-order valence-corrected chi connectivity index (χ4v) is 3.57. The molecule has 3 aromatic heterocycles. The lowest BCUT2D eigenvalue weighted by molar-refractivity contribution is 0.172. The van der Waals surface area contributed by atoms with Gasteiger partial charge in [0.1, 0.15) is 10.4 Å². The molecule has 0 spiro atoms. The molecule has 2 amide bonds. The third-order valence-corrected chi connectivity index (χ3v) is 5.04. The minimum absolute atomic E-state index is 0.0362. The number of amides is 2. The summed E-state index contributed by atoms with van der Waals surface area (Å²) in [4.78, 5) is 26.6. The third-order valence-electron chi connectivity index (χ3n) is 4.49. The van der Waals surface area contributed by atoms with Crippen LogP contribution in [0.2, 0.25) is 0 Å². The van der Waals surface area contributed by atoms with Crippen LogP contribution in [-0.4, -0.2) is 37.6 Å². The lowest BCUT2D eigenvalue weighted by atomic mass is 9.83. The summed E-state index contributed by atoms with van der Waals surface area (Å²) in [5.74, 6) is 0.489. The topological polar surface area (TPSA) is 97.0 Å². The first-order chi connectivity index (χ1) is 13.4. The summed E-state index contributed by atoms with van der Waals surface area (Å²) >= 11 is 3.02. The highest BCUT2D eigenvalue weighted by Gasteiger charge is 2.40. The van der Waals surface area contributed by atoms with Crippen molar-refractivity contribution in [3.05, 3.63) is 52.5 Å². The average molecular weight is 447 g/mol. The van der Waals surface area contributed by atoms with E-state index in [9.17, 15) is 9.18 Å². The number of urea groups is 1. The summed E-state index contributed by atoms with van der Waals surface area (Å²) in [6.45, 7) is 4.53. The summed E-state index contributed by atoms with van der Waals surface area (Å²) in [6, 6.07) is 2.68. The minimum Gasteiger partial charge on any atom is -0.360 e. The molecule has 0 saturated heterocycles. The molecule has 4 heterocycles. The molecule has 0 saturated carbocycles. The maximum Gasteiger partial charge on any atom is 0.322 e. The van der Waals surface area contributed by atoms with Crippen molar-refractivity contribution in [3.63, 3.8) is 0 Å². The van der Waals surface area contributed by atoms with Crippen LogP contribution in [0.25, 0.3) is 11.5 Å². The van der Waals surface area contributed by atoms with E-state index < -0.39 is 17.3 Å². The van der Waals surface area contributed by atoms with E-state index in [2.05, 4.69) is 41.4 Å². The van der Waals surface area contributed by atoms with Crippen LogP contribution in [0.3, 0.4) is 0 Å². The number of pyridine rings is 1. The van der Waals surface area contributed by atoms with E-state index in [1.807, 2.05) is 13.8 Å². The lowest BCUT2D eigenvalue weighted by Crippen LogP contribution is -2.46. The van der Waals surface area contributed by atoms with Crippen molar-refractivity contribution >= 4 is 27.6 Å². The Bertz CT molecular complexity index is 1040. The number of fused-ring (bicyclic) bond motifs is 1. The number of rotatable bonds is 2. The molecule has 0 aromatic carbocycles. The molecule has 0 aliphatic carbocycles. The molecule has 0 bridgehead atoms. The van der Waals surface area contributed by atoms with E-state index in [-0.39, 0.29) is 16.8 Å². The van der Waals surface area contributed by atoms with E-state index in [4.69, 9.17) is 4.52 Å². The van der Waals surface area contributed by atoms with Gasteiger partial charge in [0, 0.05) is 36.1 Å². The van der Waals surface area contributed by atoms with Crippen molar-refractivity contribution in [1.29, 1.82) is 0 Å². The number of carbonyl (C=O) groups excluding carboxylic acids is 1. The van der Waals surface area contributed by atoms with Gasteiger partial charge in [-0.3, -0.25) is 0 Å². The van der Waals surface area contributed by atoms with Crippen LogP contribution in [0, 0.1) is 5.82 Å². The summed E-state index contributed by atoms with van der Waals surface area (Å²) in [5, 5.41) is 6.73. The predicted molar refractivity (Wildman–Crippen MR) is 102 cm³/mol. The largest absolute Gasteiger partial charge is 0.360 e. The zero-order chi connectivity index (χ0) is 19.9. The normalized spacial score (nSPS) is 15.2. The zero-order valence-corrected chi connectivity index (χ0v) is 16.7. The monoisotopic (exact) mass is 446 g/mol. The van der Waals surface area contributed by atoms with Gasteiger partial charge in [0.05, 0.1) is 12.2 Å². The van der Waals surface area contributed by atoms with Crippen LogP contribution in [-0.2, 0) is 12.0 Å². The molecule has 3 aromatic rings. The Morgan fingerprint density at radius 3 is 2.79 bits per heavy atom. The quantitative estimate of drug-likeness (QED) is 0.601. The standard InChI is InChI=1S/C18H16BrFN6O2/c1-18(2)9-26(17(27)24-11-4-7-21-15(19)12(11)20)8-10-13(25-28-14(10)18)16-22-5-3-6-23-16/h3-7H,8-9H2,1-2H3,(H,21,24,27). The molecule has 0 fully saturated rings. The van der Waals surface area contributed by atoms with Gasteiger partial charge in [-0.2, -0.15) is 0 Å². The second-order valence-corrected chi connectivity index (χ2v) is 7.80. The van der Waals surface area contributed by atoms with Crippen LogP contribution in [0.15, 0.2) is 39.8 Å². The molecular formula is C18H16BrFN6O2. The van der Waals surface area contributed by atoms with Crippen molar-refractivity contribution < 1.29 is 13.7 Å². The zero-order valence-electron chi connectivity index (χ0n) is 15.1. The second kappa shape index (κ2) is 6.93. The van der Waals surface area contributed by atoms with Crippen molar-refractivity contribution in [2.45, 2.75) is 25.8 Å². The number of nitrogens with one attached hydrogen (secondary N) is 1. The van der Waals surface area contributed by atoms with Gasteiger partial charge in [-0.1, -0.05) is 19.0 Å². The van der Waals surface area contributed by atoms with E-state index >= 15 is 0 Å². The summed E-state index contributed by atoms with van der Waals surface area (Å²) in [6.07, 6.45) is 4.64. The Hall–Kier alpha value is -2.88. The van der Waals surface area contributed by atoms with Gasteiger partial charge in [0.15, 0.2) is 17.3 Å². The molecule has 0 unspecified atom stereocenters. The minimum atomic E-state index is -0.629. The van der Waals surface area contributed by atoms with Crippen LogP contribution < -0.4 is 5.32 Å². The van der Waals surface area contributed by atoms with E-state index in [0.29, 0.717) is 23.8 Å². The van der Waals surface area contributed by atoms with E-state index in [0.717, 1.165) is 5.56 Å². The maximum atomic E-state index is 14.2. The van der Waals surface area contributed by atoms with Crippen LogP contribution in [0.1, 0.15) is 25.2 Å². The number of halogens is 2. The summed E-state index contributed by atoms with van der Waals surface area (Å²) in [7, 11) is 0. The Labute approximate surface area is 168 Å². The van der Waals surface area contributed by atoms with E-state index in [1.54, 1.807) is 23.4 Å². The Balaban J connectivity index is 1.65. The molecule has 8 nitrogen and oxygen atoms in total. The van der Waals surface area contributed by atoms with Gasteiger partial charge >= 0.3 is 6.03 Å². The van der Waals surface area contributed by atoms with Crippen LogP contribution in [0.4, 0.5) is 14.9 Å². The first-order valence-electron chi connectivity index (χ1n) is 8.49. The van der Waals surface area contributed by atoms with Crippen LogP contribution in [0.5, 0.6) is 0 Å².